The van der Waals surface area contributed by atoms with Gasteiger partial charge in [0, 0.05) is 12.1 Å². The fourth-order valence-corrected chi connectivity index (χ4v) is 1.57. The zero-order valence-electron chi connectivity index (χ0n) is 9.80. The predicted molar refractivity (Wildman–Crippen MR) is 69.1 cm³/mol. The van der Waals surface area contributed by atoms with E-state index in [-0.39, 0.29) is 12.1 Å². The number of hydrogen-bond acceptors (Lipinski definition) is 2. The van der Waals surface area contributed by atoms with Gasteiger partial charge in [0.25, 0.3) is 0 Å². The van der Waals surface area contributed by atoms with E-state index in [1.807, 2.05) is 33.0 Å². The van der Waals surface area contributed by atoms with Gasteiger partial charge in [0.1, 0.15) is 0 Å². The van der Waals surface area contributed by atoms with E-state index in [4.69, 9.17) is 23.2 Å². The van der Waals surface area contributed by atoms with Crippen molar-refractivity contribution >= 4 is 23.2 Å². The van der Waals surface area contributed by atoms with Crippen LogP contribution < -0.4 is 0 Å². The molecule has 0 unspecified atom stereocenters. The summed E-state index contributed by atoms with van der Waals surface area (Å²) in [5, 5.41) is 10.4. The van der Waals surface area contributed by atoms with Gasteiger partial charge in [-0.25, -0.2) is 0 Å². The molecular weight excluding hydrogens is 245 g/mol. The number of likely N-dealkylation sites (N-methyl/N-ethyl adjacent to an activating group) is 1. The van der Waals surface area contributed by atoms with E-state index in [1.54, 1.807) is 6.07 Å². The van der Waals surface area contributed by atoms with Gasteiger partial charge in [0.2, 0.25) is 0 Å². The van der Waals surface area contributed by atoms with Crippen molar-refractivity contribution in [2.24, 2.45) is 0 Å². The summed E-state index contributed by atoms with van der Waals surface area (Å²) < 4.78 is 0. The molecule has 0 saturated heterocycles. The fraction of sp³-hybridized carbons (Fsp3) is 0.500. The number of hydrogen-bond donors (Lipinski definition) is 1. The van der Waals surface area contributed by atoms with Crippen LogP contribution in [0.5, 0.6) is 0 Å². The first-order chi connectivity index (χ1) is 7.36. The molecule has 2 nitrogen and oxygen atoms in total. The molecule has 0 aliphatic carbocycles. The Hall–Kier alpha value is -0.280. The lowest BCUT2D eigenvalue weighted by molar-refractivity contribution is 0.0734. The van der Waals surface area contributed by atoms with Gasteiger partial charge in [0.05, 0.1) is 16.7 Å². The highest BCUT2D eigenvalue weighted by Gasteiger charge is 2.22. The molecule has 0 aromatic heterocycles. The molecule has 16 heavy (non-hydrogen) atoms. The number of rotatable bonds is 4. The smallest absolute Gasteiger partial charge is 0.0610 e. The molecule has 0 heterocycles. The van der Waals surface area contributed by atoms with Crippen molar-refractivity contribution < 1.29 is 5.11 Å². The summed E-state index contributed by atoms with van der Waals surface area (Å²) >= 11 is 11.8. The van der Waals surface area contributed by atoms with Crippen LogP contribution in [-0.4, -0.2) is 29.2 Å². The molecule has 0 aliphatic rings. The molecule has 90 valence electrons. The maximum Gasteiger partial charge on any atom is 0.0610 e. The molecule has 1 rings (SSSR count). The highest BCUT2D eigenvalue weighted by Crippen LogP contribution is 2.24. The third-order valence-corrected chi connectivity index (χ3v) is 3.56. The van der Waals surface area contributed by atoms with Crippen LogP contribution in [0.25, 0.3) is 0 Å². The van der Waals surface area contributed by atoms with Crippen LogP contribution >= 0.6 is 23.2 Å². The SMILES string of the molecule is CN(Cc1ccc(Cl)c(Cl)c1)C(C)(C)CO. The van der Waals surface area contributed by atoms with Gasteiger partial charge in [0.15, 0.2) is 0 Å². The molecule has 4 heteroatoms. The minimum Gasteiger partial charge on any atom is -0.394 e. The van der Waals surface area contributed by atoms with Crippen molar-refractivity contribution in [2.45, 2.75) is 25.9 Å². The zero-order valence-corrected chi connectivity index (χ0v) is 11.3. The summed E-state index contributed by atoms with van der Waals surface area (Å²) in [6.07, 6.45) is 0. The molecule has 1 aromatic rings. The van der Waals surface area contributed by atoms with Gasteiger partial charge >= 0.3 is 0 Å². The van der Waals surface area contributed by atoms with Crippen molar-refractivity contribution in [1.29, 1.82) is 0 Å². The second-order valence-corrected chi connectivity index (χ2v) is 5.39. The third-order valence-electron chi connectivity index (χ3n) is 2.82. The summed E-state index contributed by atoms with van der Waals surface area (Å²) in [5.41, 5.74) is 0.838. The normalized spacial score (nSPS) is 12.2. The van der Waals surface area contributed by atoms with E-state index >= 15 is 0 Å². The highest BCUT2D eigenvalue weighted by molar-refractivity contribution is 6.42. The van der Waals surface area contributed by atoms with Gasteiger partial charge in [-0.2, -0.15) is 0 Å². The van der Waals surface area contributed by atoms with E-state index < -0.39 is 0 Å². The van der Waals surface area contributed by atoms with Crippen LogP contribution in [0, 0.1) is 0 Å². The largest absolute Gasteiger partial charge is 0.394 e. The molecule has 1 aromatic carbocycles. The minimum absolute atomic E-state index is 0.116. The van der Waals surface area contributed by atoms with E-state index in [1.165, 1.54) is 0 Å². The molecule has 0 atom stereocenters. The van der Waals surface area contributed by atoms with Gasteiger partial charge < -0.3 is 5.11 Å². The van der Waals surface area contributed by atoms with Crippen LogP contribution in [0.4, 0.5) is 0 Å². The van der Waals surface area contributed by atoms with Crippen molar-refractivity contribution in [3.05, 3.63) is 33.8 Å². The summed E-state index contributed by atoms with van der Waals surface area (Å²) in [6, 6.07) is 5.59. The molecule has 0 bridgehead atoms. The Morgan fingerprint density at radius 3 is 2.38 bits per heavy atom. The lowest BCUT2D eigenvalue weighted by Gasteiger charge is -2.33. The summed E-state index contributed by atoms with van der Waals surface area (Å²) in [7, 11) is 1.97. The number of nitrogens with zero attached hydrogens (tertiary/aromatic N) is 1. The third kappa shape index (κ3) is 3.36. The second-order valence-electron chi connectivity index (χ2n) is 4.58. The summed E-state index contributed by atoms with van der Waals surface area (Å²) in [6.45, 7) is 4.82. The molecule has 0 saturated carbocycles. The number of halogens is 2. The quantitative estimate of drug-likeness (QED) is 0.900. The van der Waals surface area contributed by atoms with Crippen LogP contribution in [0.2, 0.25) is 10.0 Å². The Labute approximate surface area is 107 Å². The van der Waals surface area contributed by atoms with Gasteiger partial charge in [-0.15, -0.1) is 0 Å². The molecule has 0 amide bonds. The Morgan fingerprint density at radius 2 is 1.88 bits per heavy atom. The standard InChI is InChI=1S/C12H17Cl2NO/c1-12(2,8-16)15(3)7-9-4-5-10(13)11(14)6-9/h4-6,16H,7-8H2,1-3H3. The molecule has 0 spiro atoms. The van der Waals surface area contributed by atoms with E-state index in [9.17, 15) is 5.11 Å². The predicted octanol–water partition coefficient (Wildman–Crippen LogP) is 3.20. The zero-order chi connectivity index (χ0) is 12.3. The van der Waals surface area contributed by atoms with Crippen molar-refractivity contribution in [3.8, 4) is 0 Å². The number of benzene rings is 1. The Balaban J connectivity index is 2.77. The lowest BCUT2D eigenvalue weighted by Crippen LogP contribution is -2.43. The topological polar surface area (TPSA) is 23.5 Å². The van der Waals surface area contributed by atoms with Crippen LogP contribution in [0.1, 0.15) is 19.4 Å². The number of aliphatic hydroxyl groups excluding tert-OH is 1. The monoisotopic (exact) mass is 261 g/mol. The van der Waals surface area contributed by atoms with Gasteiger partial charge in [-0.1, -0.05) is 29.3 Å². The Kier molecular flexibility index (Phi) is 4.62. The number of aliphatic hydroxyl groups is 1. The van der Waals surface area contributed by atoms with E-state index in [2.05, 4.69) is 4.90 Å². The summed E-state index contributed by atoms with van der Waals surface area (Å²) in [4.78, 5) is 2.08. The molecule has 0 fully saturated rings. The average Bonchev–Trinajstić information content (AvgIpc) is 2.23. The van der Waals surface area contributed by atoms with Crippen molar-refractivity contribution in [2.75, 3.05) is 13.7 Å². The molecule has 1 N–H and O–H groups in total. The van der Waals surface area contributed by atoms with Crippen LogP contribution in [-0.2, 0) is 6.54 Å². The van der Waals surface area contributed by atoms with E-state index in [0.717, 1.165) is 12.1 Å². The molecular formula is C12H17Cl2NO. The minimum atomic E-state index is -0.244. The highest BCUT2D eigenvalue weighted by atomic mass is 35.5. The fourth-order valence-electron chi connectivity index (χ4n) is 1.25. The lowest BCUT2D eigenvalue weighted by atomic mass is 10.0. The van der Waals surface area contributed by atoms with Crippen LogP contribution in [0.15, 0.2) is 18.2 Å². The van der Waals surface area contributed by atoms with Crippen molar-refractivity contribution in [1.82, 2.24) is 4.90 Å². The Bertz CT molecular complexity index is 366. The molecule has 0 radical (unpaired) electrons. The maximum absolute atomic E-state index is 9.25. The van der Waals surface area contributed by atoms with Gasteiger partial charge in [-0.05, 0) is 38.6 Å². The second kappa shape index (κ2) is 5.37. The first-order valence-corrected chi connectivity index (χ1v) is 5.88. The summed E-state index contributed by atoms with van der Waals surface area (Å²) in [5.74, 6) is 0. The van der Waals surface area contributed by atoms with Gasteiger partial charge in [-0.3, -0.25) is 4.90 Å². The molecule has 0 aliphatic heterocycles. The van der Waals surface area contributed by atoms with Crippen LogP contribution in [0.3, 0.4) is 0 Å². The first-order valence-electron chi connectivity index (χ1n) is 5.13. The van der Waals surface area contributed by atoms with Crippen molar-refractivity contribution in [3.63, 3.8) is 0 Å². The maximum atomic E-state index is 9.25. The average molecular weight is 262 g/mol. The Morgan fingerprint density at radius 1 is 1.25 bits per heavy atom. The van der Waals surface area contributed by atoms with E-state index in [0.29, 0.717) is 10.0 Å². The first kappa shape index (κ1) is 13.8.